The van der Waals surface area contributed by atoms with Crippen molar-refractivity contribution < 1.29 is 4.79 Å². The van der Waals surface area contributed by atoms with Crippen molar-refractivity contribution in [2.24, 2.45) is 5.92 Å². The molecule has 1 amide bonds. The third-order valence-corrected chi connectivity index (χ3v) is 3.24. The number of rotatable bonds is 3. The number of nitrogens with one attached hydrogen (secondary N) is 1. The Morgan fingerprint density at radius 2 is 2.12 bits per heavy atom. The Bertz CT molecular complexity index is 389. The lowest BCUT2D eigenvalue weighted by atomic mass is 9.87. The highest BCUT2D eigenvalue weighted by Gasteiger charge is 2.16. The summed E-state index contributed by atoms with van der Waals surface area (Å²) < 4.78 is 0. The molecule has 1 N–H and O–H groups in total. The fourth-order valence-corrected chi connectivity index (χ4v) is 2.39. The zero-order valence-corrected chi connectivity index (χ0v) is 9.98. The Balaban J connectivity index is 1.84. The van der Waals surface area contributed by atoms with E-state index >= 15 is 0 Å². The Morgan fingerprint density at radius 1 is 1.35 bits per heavy atom. The summed E-state index contributed by atoms with van der Waals surface area (Å²) in [6.07, 6.45) is 10.0. The summed E-state index contributed by atoms with van der Waals surface area (Å²) in [6, 6.07) is 1.73. The first-order chi connectivity index (χ1) is 8.24. The van der Waals surface area contributed by atoms with Crippen molar-refractivity contribution in [2.75, 3.05) is 5.32 Å². The SMILES string of the molecule is [B]c1cncc(NC(=O)CC2CCCCC2)c1. The number of nitrogens with zero attached hydrogens (tertiary/aromatic N) is 1. The van der Waals surface area contributed by atoms with Crippen LogP contribution in [0.4, 0.5) is 5.69 Å². The summed E-state index contributed by atoms with van der Waals surface area (Å²) in [5.41, 5.74) is 1.26. The van der Waals surface area contributed by atoms with E-state index in [0.717, 1.165) is 0 Å². The van der Waals surface area contributed by atoms with E-state index in [-0.39, 0.29) is 5.91 Å². The second-order valence-corrected chi connectivity index (χ2v) is 4.76. The number of carbonyl (C=O) groups is 1. The minimum Gasteiger partial charge on any atom is -0.325 e. The summed E-state index contributed by atoms with van der Waals surface area (Å²) in [4.78, 5) is 15.8. The molecule has 0 spiro atoms. The Labute approximate surface area is 103 Å². The number of hydrogen-bond donors (Lipinski definition) is 1. The van der Waals surface area contributed by atoms with Gasteiger partial charge in [0.1, 0.15) is 7.85 Å². The number of hydrogen-bond acceptors (Lipinski definition) is 2. The number of amides is 1. The molecule has 4 heteroatoms. The second kappa shape index (κ2) is 5.85. The summed E-state index contributed by atoms with van der Waals surface area (Å²) in [7, 11) is 5.60. The first kappa shape index (κ1) is 12.2. The van der Waals surface area contributed by atoms with Crippen LogP contribution in [0.2, 0.25) is 0 Å². The zero-order chi connectivity index (χ0) is 12.1. The summed E-state index contributed by atoms with van der Waals surface area (Å²) >= 11 is 0. The van der Waals surface area contributed by atoms with E-state index in [1.165, 1.54) is 32.1 Å². The first-order valence-corrected chi connectivity index (χ1v) is 6.24. The van der Waals surface area contributed by atoms with Crippen LogP contribution in [0.3, 0.4) is 0 Å². The van der Waals surface area contributed by atoms with Gasteiger partial charge in [-0.1, -0.05) is 24.7 Å². The Morgan fingerprint density at radius 3 is 2.82 bits per heavy atom. The molecule has 3 nitrogen and oxygen atoms in total. The number of anilines is 1. The lowest BCUT2D eigenvalue weighted by molar-refractivity contribution is -0.117. The molecular weight excluding hydrogens is 211 g/mol. The van der Waals surface area contributed by atoms with E-state index < -0.39 is 0 Å². The molecule has 17 heavy (non-hydrogen) atoms. The molecule has 1 heterocycles. The van der Waals surface area contributed by atoms with Crippen molar-refractivity contribution in [3.8, 4) is 0 Å². The summed E-state index contributed by atoms with van der Waals surface area (Å²) in [5.74, 6) is 0.627. The van der Waals surface area contributed by atoms with Crippen molar-refractivity contribution in [1.29, 1.82) is 0 Å². The van der Waals surface area contributed by atoms with Gasteiger partial charge in [-0.05, 0) is 24.8 Å². The molecule has 88 valence electrons. The van der Waals surface area contributed by atoms with Crippen molar-refractivity contribution >= 4 is 24.9 Å². The van der Waals surface area contributed by atoms with E-state index in [4.69, 9.17) is 7.85 Å². The number of carbonyl (C=O) groups excluding carboxylic acids is 1. The molecule has 2 radical (unpaired) electrons. The van der Waals surface area contributed by atoms with Crippen molar-refractivity contribution in [2.45, 2.75) is 38.5 Å². The highest BCUT2D eigenvalue weighted by Crippen LogP contribution is 2.26. The molecule has 0 bridgehead atoms. The van der Waals surface area contributed by atoms with E-state index in [1.54, 1.807) is 18.5 Å². The van der Waals surface area contributed by atoms with Crippen LogP contribution in [0, 0.1) is 5.92 Å². The van der Waals surface area contributed by atoms with Gasteiger partial charge in [0.15, 0.2) is 0 Å². The molecule has 1 aromatic rings. The predicted octanol–water partition coefficient (Wildman–Crippen LogP) is 1.78. The monoisotopic (exact) mass is 228 g/mol. The maximum Gasteiger partial charge on any atom is 0.224 e. The van der Waals surface area contributed by atoms with Gasteiger partial charge in [0, 0.05) is 12.6 Å². The largest absolute Gasteiger partial charge is 0.325 e. The average molecular weight is 228 g/mol. The molecule has 1 aliphatic carbocycles. The third kappa shape index (κ3) is 3.88. The van der Waals surface area contributed by atoms with Gasteiger partial charge in [-0.2, -0.15) is 0 Å². The molecule has 1 aromatic heterocycles. The van der Waals surface area contributed by atoms with Crippen LogP contribution < -0.4 is 10.8 Å². The van der Waals surface area contributed by atoms with Crippen LogP contribution in [-0.2, 0) is 4.79 Å². The van der Waals surface area contributed by atoms with Crippen LogP contribution in [-0.4, -0.2) is 18.7 Å². The van der Waals surface area contributed by atoms with Gasteiger partial charge in [-0.3, -0.25) is 9.78 Å². The van der Waals surface area contributed by atoms with Gasteiger partial charge >= 0.3 is 0 Å². The maximum absolute atomic E-state index is 11.8. The minimum absolute atomic E-state index is 0.0734. The van der Waals surface area contributed by atoms with E-state index in [2.05, 4.69) is 10.3 Å². The predicted molar refractivity (Wildman–Crippen MR) is 69.4 cm³/mol. The summed E-state index contributed by atoms with van der Waals surface area (Å²) in [6.45, 7) is 0. The van der Waals surface area contributed by atoms with E-state index in [1.807, 2.05) is 0 Å². The lowest BCUT2D eigenvalue weighted by Gasteiger charge is -2.20. The van der Waals surface area contributed by atoms with Crippen LogP contribution >= 0.6 is 0 Å². The Kier molecular flexibility index (Phi) is 4.18. The average Bonchev–Trinajstić information content (AvgIpc) is 2.30. The van der Waals surface area contributed by atoms with Crippen LogP contribution in [0.15, 0.2) is 18.5 Å². The molecule has 1 fully saturated rings. The van der Waals surface area contributed by atoms with Crippen LogP contribution in [0.5, 0.6) is 0 Å². The van der Waals surface area contributed by atoms with E-state index in [0.29, 0.717) is 23.5 Å². The fraction of sp³-hybridized carbons (Fsp3) is 0.538. The van der Waals surface area contributed by atoms with Gasteiger partial charge in [0.05, 0.1) is 11.9 Å². The van der Waals surface area contributed by atoms with Gasteiger partial charge in [0.2, 0.25) is 5.91 Å². The molecule has 0 unspecified atom stereocenters. The van der Waals surface area contributed by atoms with Gasteiger partial charge in [0.25, 0.3) is 0 Å². The highest BCUT2D eigenvalue weighted by atomic mass is 16.1. The maximum atomic E-state index is 11.8. The minimum atomic E-state index is 0.0734. The Hall–Kier alpha value is -1.32. The molecular formula is C13H17BN2O. The number of pyridine rings is 1. The molecule has 0 atom stereocenters. The van der Waals surface area contributed by atoms with Crippen LogP contribution in [0.25, 0.3) is 0 Å². The van der Waals surface area contributed by atoms with E-state index in [9.17, 15) is 4.79 Å². The molecule has 0 aliphatic heterocycles. The topological polar surface area (TPSA) is 42.0 Å². The third-order valence-electron chi connectivity index (χ3n) is 3.24. The second-order valence-electron chi connectivity index (χ2n) is 4.76. The standard InChI is InChI=1S/C13H17BN2O/c14-11-7-12(9-15-8-11)16-13(17)6-10-4-2-1-3-5-10/h7-10H,1-6H2,(H,16,17). The summed E-state index contributed by atoms with van der Waals surface area (Å²) in [5, 5.41) is 2.85. The first-order valence-electron chi connectivity index (χ1n) is 6.24. The van der Waals surface area contributed by atoms with Crippen molar-refractivity contribution in [1.82, 2.24) is 4.98 Å². The normalized spacial score (nSPS) is 16.7. The van der Waals surface area contributed by atoms with Crippen LogP contribution in [0.1, 0.15) is 38.5 Å². The lowest BCUT2D eigenvalue weighted by Crippen LogP contribution is -2.19. The van der Waals surface area contributed by atoms with Gasteiger partial charge in [-0.15, -0.1) is 0 Å². The quantitative estimate of drug-likeness (QED) is 0.801. The highest BCUT2D eigenvalue weighted by molar-refractivity contribution is 6.32. The van der Waals surface area contributed by atoms with Crippen molar-refractivity contribution in [3.63, 3.8) is 0 Å². The molecule has 1 aliphatic rings. The smallest absolute Gasteiger partial charge is 0.224 e. The number of aromatic nitrogens is 1. The zero-order valence-electron chi connectivity index (χ0n) is 9.98. The van der Waals surface area contributed by atoms with Crippen molar-refractivity contribution in [3.05, 3.63) is 18.5 Å². The van der Waals surface area contributed by atoms with Gasteiger partial charge in [-0.25, -0.2) is 0 Å². The molecule has 2 rings (SSSR count). The molecule has 0 aromatic carbocycles. The fourth-order valence-electron chi connectivity index (χ4n) is 2.39. The van der Waals surface area contributed by atoms with Gasteiger partial charge < -0.3 is 5.32 Å². The molecule has 0 saturated heterocycles. The molecule has 1 saturated carbocycles.